The van der Waals surface area contributed by atoms with Gasteiger partial charge in [-0.3, -0.25) is 4.79 Å². The third-order valence-electron chi connectivity index (χ3n) is 3.71. The first kappa shape index (κ1) is 12.3. The van der Waals surface area contributed by atoms with E-state index in [1.165, 1.54) is 6.42 Å². The summed E-state index contributed by atoms with van der Waals surface area (Å²) in [5.74, 6) is 2.33. The van der Waals surface area contributed by atoms with Crippen LogP contribution in [0.3, 0.4) is 0 Å². The van der Waals surface area contributed by atoms with Crippen molar-refractivity contribution in [2.75, 3.05) is 0 Å². The van der Waals surface area contributed by atoms with Crippen molar-refractivity contribution in [1.82, 2.24) is 10.1 Å². The molecule has 3 atom stereocenters. The molecule has 0 aliphatic heterocycles. The highest BCUT2D eigenvalue weighted by atomic mass is 16.5. The molecule has 0 bridgehead atoms. The minimum Gasteiger partial charge on any atom is -0.339 e. The fourth-order valence-corrected chi connectivity index (χ4v) is 2.63. The van der Waals surface area contributed by atoms with E-state index in [0.29, 0.717) is 11.8 Å². The number of carbonyl (C=O) groups excluding carboxylic acids is 1. The van der Waals surface area contributed by atoms with Gasteiger partial charge >= 0.3 is 0 Å². The van der Waals surface area contributed by atoms with Crippen molar-refractivity contribution < 1.29 is 9.32 Å². The monoisotopic (exact) mass is 236 g/mol. The average molecular weight is 236 g/mol. The van der Waals surface area contributed by atoms with E-state index in [4.69, 9.17) is 4.52 Å². The molecule has 0 N–H and O–H groups in total. The van der Waals surface area contributed by atoms with Crippen molar-refractivity contribution in [3.05, 3.63) is 11.7 Å². The molecule has 0 radical (unpaired) electrons. The van der Waals surface area contributed by atoms with E-state index in [2.05, 4.69) is 17.1 Å². The number of hydrogen-bond acceptors (Lipinski definition) is 4. The van der Waals surface area contributed by atoms with Crippen LogP contribution in [0.25, 0.3) is 0 Å². The number of ketones is 1. The summed E-state index contributed by atoms with van der Waals surface area (Å²) in [6.45, 7) is 5.80. The Labute approximate surface area is 102 Å². The SMILES string of the molecule is CCC(C(C)=O)c1nc(C2CCC(C)C2)no1. The van der Waals surface area contributed by atoms with Gasteiger partial charge in [0.05, 0.1) is 5.92 Å². The molecule has 1 aromatic rings. The largest absolute Gasteiger partial charge is 0.339 e. The zero-order chi connectivity index (χ0) is 12.4. The Bertz CT molecular complexity index is 400. The molecular weight excluding hydrogens is 216 g/mol. The molecule has 4 heteroatoms. The van der Waals surface area contributed by atoms with E-state index >= 15 is 0 Å². The van der Waals surface area contributed by atoms with Crippen LogP contribution in [0.1, 0.15) is 70.0 Å². The summed E-state index contributed by atoms with van der Waals surface area (Å²) in [5, 5.41) is 4.05. The summed E-state index contributed by atoms with van der Waals surface area (Å²) in [6.07, 6.45) is 4.23. The summed E-state index contributed by atoms with van der Waals surface area (Å²) in [7, 11) is 0. The lowest BCUT2D eigenvalue weighted by molar-refractivity contribution is -0.119. The van der Waals surface area contributed by atoms with Crippen LogP contribution >= 0.6 is 0 Å². The predicted octanol–water partition coefficient (Wildman–Crippen LogP) is 3.06. The van der Waals surface area contributed by atoms with Gasteiger partial charge in [-0.25, -0.2) is 0 Å². The lowest BCUT2D eigenvalue weighted by Gasteiger charge is -2.04. The quantitative estimate of drug-likeness (QED) is 0.806. The molecular formula is C13H20N2O2. The van der Waals surface area contributed by atoms with Gasteiger partial charge in [0.1, 0.15) is 5.78 Å². The standard InChI is InChI=1S/C13H20N2O2/c1-4-11(9(3)16)13-14-12(15-17-13)10-6-5-8(2)7-10/h8,10-11H,4-7H2,1-3H3. The number of Topliss-reactive ketones (excluding diaryl/α,β-unsaturated/α-hetero) is 1. The van der Waals surface area contributed by atoms with Crippen LogP contribution in [-0.2, 0) is 4.79 Å². The highest BCUT2D eigenvalue weighted by Gasteiger charge is 2.29. The number of hydrogen-bond donors (Lipinski definition) is 0. The smallest absolute Gasteiger partial charge is 0.237 e. The summed E-state index contributed by atoms with van der Waals surface area (Å²) in [6, 6.07) is 0. The second-order valence-electron chi connectivity index (χ2n) is 5.18. The lowest BCUT2D eigenvalue weighted by atomic mass is 10.0. The maximum Gasteiger partial charge on any atom is 0.237 e. The average Bonchev–Trinajstić information content (AvgIpc) is 2.87. The summed E-state index contributed by atoms with van der Waals surface area (Å²) >= 11 is 0. The highest BCUT2D eigenvalue weighted by Crippen LogP contribution is 2.37. The Balaban J connectivity index is 2.12. The summed E-state index contributed by atoms with van der Waals surface area (Å²) in [4.78, 5) is 15.9. The Morgan fingerprint density at radius 2 is 2.29 bits per heavy atom. The van der Waals surface area contributed by atoms with Gasteiger partial charge < -0.3 is 4.52 Å². The van der Waals surface area contributed by atoms with Crippen molar-refractivity contribution in [3.8, 4) is 0 Å². The van der Waals surface area contributed by atoms with Gasteiger partial charge in [0.25, 0.3) is 0 Å². The fourth-order valence-electron chi connectivity index (χ4n) is 2.63. The fraction of sp³-hybridized carbons (Fsp3) is 0.769. The Morgan fingerprint density at radius 1 is 1.53 bits per heavy atom. The first-order valence-corrected chi connectivity index (χ1v) is 6.45. The van der Waals surface area contributed by atoms with Crippen LogP contribution in [0.5, 0.6) is 0 Å². The van der Waals surface area contributed by atoms with Crippen molar-refractivity contribution >= 4 is 5.78 Å². The second-order valence-corrected chi connectivity index (χ2v) is 5.18. The maximum atomic E-state index is 11.4. The van der Waals surface area contributed by atoms with Gasteiger partial charge in [-0.1, -0.05) is 19.0 Å². The molecule has 4 nitrogen and oxygen atoms in total. The normalized spacial score (nSPS) is 26.1. The molecule has 1 aliphatic rings. The summed E-state index contributed by atoms with van der Waals surface area (Å²) < 4.78 is 5.24. The third kappa shape index (κ3) is 2.56. The van der Waals surface area contributed by atoms with E-state index in [1.54, 1.807) is 6.92 Å². The molecule has 1 heterocycles. The van der Waals surface area contributed by atoms with E-state index in [-0.39, 0.29) is 11.7 Å². The Morgan fingerprint density at radius 3 is 2.82 bits per heavy atom. The molecule has 3 unspecified atom stereocenters. The van der Waals surface area contributed by atoms with Crippen molar-refractivity contribution in [2.45, 2.75) is 58.3 Å². The van der Waals surface area contributed by atoms with Crippen LogP contribution in [0.15, 0.2) is 4.52 Å². The van der Waals surface area contributed by atoms with E-state index in [1.807, 2.05) is 6.92 Å². The number of rotatable bonds is 4. The highest BCUT2D eigenvalue weighted by molar-refractivity contribution is 5.82. The van der Waals surface area contributed by atoms with E-state index < -0.39 is 0 Å². The van der Waals surface area contributed by atoms with Crippen LogP contribution in [0.4, 0.5) is 0 Å². The van der Waals surface area contributed by atoms with Crippen molar-refractivity contribution in [1.29, 1.82) is 0 Å². The number of aromatic nitrogens is 2. The number of nitrogens with zero attached hydrogens (tertiary/aromatic N) is 2. The molecule has 0 amide bonds. The molecule has 0 spiro atoms. The van der Waals surface area contributed by atoms with Gasteiger partial charge in [0.15, 0.2) is 5.82 Å². The molecule has 1 aliphatic carbocycles. The zero-order valence-corrected chi connectivity index (χ0v) is 10.8. The van der Waals surface area contributed by atoms with Gasteiger partial charge in [-0.15, -0.1) is 0 Å². The zero-order valence-electron chi connectivity index (χ0n) is 10.8. The van der Waals surface area contributed by atoms with Gasteiger partial charge in [0.2, 0.25) is 5.89 Å². The first-order chi connectivity index (χ1) is 8.11. The van der Waals surface area contributed by atoms with Crippen molar-refractivity contribution in [2.24, 2.45) is 5.92 Å². The second kappa shape index (κ2) is 4.98. The molecule has 17 heavy (non-hydrogen) atoms. The van der Waals surface area contributed by atoms with Crippen LogP contribution in [-0.4, -0.2) is 15.9 Å². The third-order valence-corrected chi connectivity index (χ3v) is 3.71. The molecule has 94 valence electrons. The predicted molar refractivity (Wildman–Crippen MR) is 63.8 cm³/mol. The summed E-state index contributed by atoms with van der Waals surface area (Å²) in [5.41, 5.74) is 0. The maximum absolute atomic E-state index is 11.4. The van der Waals surface area contributed by atoms with Gasteiger partial charge in [-0.05, 0) is 38.5 Å². The molecule has 0 saturated heterocycles. The molecule has 1 aromatic heterocycles. The number of carbonyl (C=O) groups is 1. The van der Waals surface area contributed by atoms with E-state index in [9.17, 15) is 4.79 Å². The minimum absolute atomic E-state index is 0.0995. The van der Waals surface area contributed by atoms with Gasteiger partial charge in [0, 0.05) is 5.92 Å². The molecule has 1 saturated carbocycles. The van der Waals surface area contributed by atoms with Crippen molar-refractivity contribution in [3.63, 3.8) is 0 Å². The Hall–Kier alpha value is -1.19. The van der Waals surface area contributed by atoms with Crippen LogP contribution < -0.4 is 0 Å². The van der Waals surface area contributed by atoms with Crippen LogP contribution in [0, 0.1) is 5.92 Å². The Kier molecular flexibility index (Phi) is 3.60. The molecule has 0 aromatic carbocycles. The minimum atomic E-state index is -0.227. The first-order valence-electron chi connectivity index (χ1n) is 6.45. The van der Waals surface area contributed by atoms with E-state index in [0.717, 1.165) is 31.0 Å². The topological polar surface area (TPSA) is 56.0 Å². The van der Waals surface area contributed by atoms with Crippen LogP contribution in [0.2, 0.25) is 0 Å². The lowest BCUT2D eigenvalue weighted by Crippen LogP contribution is -2.08. The van der Waals surface area contributed by atoms with Gasteiger partial charge in [-0.2, -0.15) is 4.98 Å². The molecule has 1 fully saturated rings. The molecule has 2 rings (SSSR count).